The van der Waals surface area contributed by atoms with Crippen LogP contribution in [0.2, 0.25) is 0 Å². The van der Waals surface area contributed by atoms with Gasteiger partial charge in [0.1, 0.15) is 5.82 Å². The highest BCUT2D eigenvalue weighted by molar-refractivity contribution is 5.95. The molecule has 0 unspecified atom stereocenters. The number of aromatic nitrogens is 2. The van der Waals surface area contributed by atoms with E-state index < -0.39 is 5.91 Å². The minimum Gasteiger partial charge on any atom is -0.493 e. The van der Waals surface area contributed by atoms with E-state index in [9.17, 15) is 9.59 Å². The molecule has 1 atom stereocenters. The average Bonchev–Trinajstić information content (AvgIpc) is 3.25. The normalized spacial score (nSPS) is 11.5. The summed E-state index contributed by atoms with van der Waals surface area (Å²) in [5, 5.41) is 3.04. The minimum absolute atomic E-state index is 0.272. The molecular weight excluding hydrogens is 372 g/mol. The lowest BCUT2D eigenvalue weighted by Gasteiger charge is -2.19. The Morgan fingerprint density at radius 3 is 2.62 bits per heavy atom. The van der Waals surface area contributed by atoms with Gasteiger partial charge >= 0.3 is 0 Å². The first-order valence-electron chi connectivity index (χ1n) is 9.00. The summed E-state index contributed by atoms with van der Waals surface area (Å²) < 4.78 is 10.6. The quantitative estimate of drug-likeness (QED) is 0.513. The standard InChI is InChI=1S/C21H22N4O4/c1-28-18-11-15(7-8-17(18)29-13-19(22)26)21(27)25-16(12-20-23-9-10-24-20)14-5-3-2-4-6-14/h2-11,16H,12-13H2,1H3,(H2,22,26)(H,23,24)(H,25,27)/t16-/m1/s1. The summed E-state index contributed by atoms with van der Waals surface area (Å²) >= 11 is 0. The Morgan fingerprint density at radius 2 is 1.97 bits per heavy atom. The van der Waals surface area contributed by atoms with Gasteiger partial charge in [-0.1, -0.05) is 30.3 Å². The van der Waals surface area contributed by atoms with E-state index in [4.69, 9.17) is 15.2 Å². The van der Waals surface area contributed by atoms with Crippen molar-refractivity contribution in [3.8, 4) is 11.5 Å². The SMILES string of the molecule is COc1cc(C(=O)N[C@H](Cc2ncc[nH]2)c2ccccc2)ccc1OCC(N)=O. The van der Waals surface area contributed by atoms with Crippen LogP contribution >= 0.6 is 0 Å². The van der Waals surface area contributed by atoms with Gasteiger partial charge in [-0.2, -0.15) is 0 Å². The number of nitrogens with zero attached hydrogens (tertiary/aromatic N) is 1. The van der Waals surface area contributed by atoms with Gasteiger partial charge in [-0.05, 0) is 23.8 Å². The van der Waals surface area contributed by atoms with Crippen LogP contribution < -0.4 is 20.5 Å². The van der Waals surface area contributed by atoms with Crippen molar-refractivity contribution in [2.45, 2.75) is 12.5 Å². The van der Waals surface area contributed by atoms with Crippen LogP contribution in [0.5, 0.6) is 11.5 Å². The Kier molecular flexibility index (Phi) is 6.47. The molecule has 0 spiro atoms. The largest absolute Gasteiger partial charge is 0.493 e. The maximum Gasteiger partial charge on any atom is 0.255 e. The fraction of sp³-hybridized carbons (Fsp3) is 0.190. The molecular formula is C21H22N4O4. The number of aromatic amines is 1. The number of nitrogens with one attached hydrogen (secondary N) is 2. The van der Waals surface area contributed by atoms with Crippen LogP contribution in [-0.2, 0) is 11.2 Å². The van der Waals surface area contributed by atoms with Gasteiger partial charge < -0.3 is 25.5 Å². The number of benzene rings is 2. The number of primary amides is 1. The number of hydrogen-bond acceptors (Lipinski definition) is 5. The van der Waals surface area contributed by atoms with Crippen LogP contribution in [0.25, 0.3) is 0 Å². The van der Waals surface area contributed by atoms with E-state index in [1.165, 1.54) is 7.11 Å². The molecule has 4 N–H and O–H groups in total. The number of H-pyrrole nitrogens is 1. The van der Waals surface area contributed by atoms with Crippen molar-refractivity contribution in [1.29, 1.82) is 0 Å². The van der Waals surface area contributed by atoms with Crippen molar-refractivity contribution in [2.24, 2.45) is 5.73 Å². The highest BCUT2D eigenvalue weighted by Gasteiger charge is 2.19. The molecule has 1 heterocycles. The van der Waals surface area contributed by atoms with E-state index in [0.717, 1.165) is 11.4 Å². The third kappa shape index (κ3) is 5.35. The van der Waals surface area contributed by atoms with E-state index in [2.05, 4.69) is 15.3 Å². The van der Waals surface area contributed by atoms with E-state index >= 15 is 0 Å². The van der Waals surface area contributed by atoms with Crippen LogP contribution in [0, 0.1) is 0 Å². The lowest BCUT2D eigenvalue weighted by Crippen LogP contribution is -2.30. The van der Waals surface area contributed by atoms with Gasteiger partial charge in [-0.15, -0.1) is 0 Å². The molecule has 2 aromatic carbocycles. The van der Waals surface area contributed by atoms with Gasteiger partial charge in [-0.3, -0.25) is 9.59 Å². The number of nitrogens with two attached hydrogens (primary N) is 1. The zero-order valence-corrected chi connectivity index (χ0v) is 15.9. The van der Waals surface area contributed by atoms with E-state index in [0.29, 0.717) is 23.5 Å². The number of carbonyl (C=O) groups is 2. The smallest absolute Gasteiger partial charge is 0.255 e. The Bertz CT molecular complexity index is 958. The van der Waals surface area contributed by atoms with Crippen molar-refractivity contribution in [3.63, 3.8) is 0 Å². The molecule has 0 radical (unpaired) electrons. The van der Waals surface area contributed by atoms with Crippen molar-refractivity contribution in [1.82, 2.24) is 15.3 Å². The molecule has 1 aromatic heterocycles. The van der Waals surface area contributed by atoms with Crippen LogP contribution in [0.1, 0.15) is 27.8 Å². The lowest BCUT2D eigenvalue weighted by atomic mass is 10.0. The first-order chi connectivity index (χ1) is 14.1. The van der Waals surface area contributed by atoms with Crippen molar-refractivity contribution >= 4 is 11.8 Å². The molecule has 0 aliphatic carbocycles. The molecule has 3 rings (SSSR count). The summed E-state index contributed by atoms with van der Waals surface area (Å²) in [6, 6.07) is 14.1. The van der Waals surface area contributed by atoms with Gasteiger partial charge in [0.25, 0.3) is 11.8 Å². The molecule has 8 heteroatoms. The third-order valence-electron chi connectivity index (χ3n) is 4.26. The van der Waals surface area contributed by atoms with E-state index in [1.54, 1.807) is 30.6 Å². The Morgan fingerprint density at radius 1 is 1.17 bits per heavy atom. The molecule has 29 heavy (non-hydrogen) atoms. The van der Waals surface area contributed by atoms with E-state index in [-0.39, 0.29) is 18.6 Å². The zero-order chi connectivity index (χ0) is 20.6. The molecule has 0 aliphatic rings. The second kappa shape index (κ2) is 9.41. The number of hydrogen-bond donors (Lipinski definition) is 3. The van der Waals surface area contributed by atoms with Crippen LogP contribution in [0.4, 0.5) is 0 Å². The van der Waals surface area contributed by atoms with Gasteiger partial charge in [0.15, 0.2) is 18.1 Å². The zero-order valence-electron chi connectivity index (χ0n) is 15.9. The number of amides is 2. The predicted molar refractivity (Wildman–Crippen MR) is 107 cm³/mol. The van der Waals surface area contributed by atoms with Crippen molar-refractivity contribution in [3.05, 3.63) is 77.9 Å². The van der Waals surface area contributed by atoms with Crippen molar-refractivity contribution in [2.75, 3.05) is 13.7 Å². The predicted octanol–water partition coefficient (Wildman–Crippen LogP) is 2.00. The highest BCUT2D eigenvalue weighted by Crippen LogP contribution is 2.28. The second-order valence-electron chi connectivity index (χ2n) is 6.30. The number of rotatable bonds is 9. The number of carbonyl (C=O) groups excluding carboxylic acids is 2. The molecule has 8 nitrogen and oxygen atoms in total. The minimum atomic E-state index is -0.600. The molecule has 150 valence electrons. The number of ether oxygens (including phenoxy) is 2. The van der Waals surface area contributed by atoms with Gasteiger partial charge in [0.2, 0.25) is 0 Å². The Labute approximate surface area is 168 Å². The molecule has 0 saturated heterocycles. The third-order valence-corrected chi connectivity index (χ3v) is 4.26. The van der Waals surface area contributed by atoms with Gasteiger partial charge in [0, 0.05) is 24.4 Å². The summed E-state index contributed by atoms with van der Waals surface area (Å²) in [6.45, 7) is -0.277. The van der Waals surface area contributed by atoms with Crippen molar-refractivity contribution < 1.29 is 19.1 Å². The fourth-order valence-corrected chi connectivity index (χ4v) is 2.86. The maximum atomic E-state index is 12.9. The van der Waals surface area contributed by atoms with Crippen LogP contribution in [0.15, 0.2) is 60.9 Å². The summed E-state index contributed by atoms with van der Waals surface area (Å²) in [5.74, 6) is 0.564. The van der Waals surface area contributed by atoms with E-state index in [1.807, 2.05) is 30.3 Å². The topological polar surface area (TPSA) is 119 Å². The number of methoxy groups -OCH3 is 1. The molecule has 0 fully saturated rings. The van der Waals surface area contributed by atoms with Crippen LogP contribution in [-0.4, -0.2) is 35.5 Å². The molecule has 0 bridgehead atoms. The molecule has 3 aromatic rings. The monoisotopic (exact) mass is 394 g/mol. The molecule has 0 saturated carbocycles. The number of imidazole rings is 1. The summed E-state index contributed by atoms with van der Waals surface area (Å²) in [4.78, 5) is 31.1. The average molecular weight is 394 g/mol. The first kappa shape index (κ1) is 19.9. The maximum absolute atomic E-state index is 12.9. The lowest BCUT2D eigenvalue weighted by molar-refractivity contribution is -0.119. The second-order valence-corrected chi connectivity index (χ2v) is 6.30. The van der Waals surface area contributed by atoms with Crippen LogP contribution in [0.3, 0.4) is 0 Å². The first-order valence-corrected chi connectivity index (χ1v) is 9.00. The highest BCUT2D eigenvalue weighted by atomic mass is 16.5. The summed E-state index contributed by atoms with van der Waals surface area (Å²) in [5.41, 5.74) is 6.46. The fourth-order valence-electron chi connectivity index (χ4n) is 2.86. The van der Waals surface area contributed by atoms with Gasteiger partial charge in [0.05, 0.1) is 13.2 Å². The van der Waals surface area contributed by atoms with Gasteiger partial charge in [-0.25, -0.2) is 4.98 Å². The summed E-state index contributed by atoms with van der Waals surface area (Å²) in [6.07, 6.45) is 3.93. The summed E-state index contributed by atoms with van der Waals surface area (Å²) in [7, 11) is 1.46. The molecule has 2 amide bonds. The Balaban J connectivity index is 1.79. The Hall–Kier alpha value is -3.81. The molecule has 0 aliphatic heterocycles.